The summed E-state index contributed by atoms with van der Waals surface area (Å²) in [5, 5.41) is 7.76. The fourth-order valence-corrected chi connectivity index (χ4v) is 2.68. The standard InChI is InChI=1S/C16H15BrN4O3/c1-3-23-16(22)14-19-13(12-9(2)21-24-15(12)20-14)18-8-10-5-4-6-11(17)7-10/h4-7H,3,8H2,1-2H3,(H,18,19,20). The molecule has 2 aromatic heterocycles. The maximum atomic E-state index is 11.9. The van der Waals surface area contributed by atoms with Crippen LogP contribution in [0.2, 0.25) is 0 Å². The van der Waals surface area contributed by atoms with E-state index in [9.17, 15) is 4.79 Å². The number of aromatic nitrogens is 3. The van der Waals surface area contributed by atoms with Gasteiger partial charge < -0.3 is 14.6 Å². The van der Waals surface area contributed by atoms with E-state index in [1.165, 1.54) is 0 Å². The number of nitrogens with one attached hydrogen (secondary N) is 1. The van der Waals surface area contributed by atoms with Gasteiger partial charge in [0.2, 0.25) is 5.82 Å². The Morgan fingerprint density at radius 3 is 2.96 bits per heavy atom. The van der Waals surface area contributed by atoms with E-state index in [0.29, 0.717) is 23.4 Å². The van der Waals surface area contributed by atoms with Crippen molar-refractivity contribution in [1.82, 2.24) is 15.1 Å². The van der Waals surface area contributed by atoms with Gasteiger partial charge in [-0.25, -0.2) is 9.78 Å². The molecule has 0 fully saturated rings. The van der Waals surface area contributed by atoms with E-state index in [2.05, 4.69) is 36.4 Å². The van der Waals surface area contributed by atoms with Crippen LogP contribution in [-0.4, -0.2) is 27.7 Å². The van der Waals surface area contributed by atoms with E-state index in [0.717, 1.165) is 10.0 Å². The van der Waals surface area contributed by atoms with Crippen molar-refractivity contribution in [3.63, 3.8) is 0 Å². The van der Waals surface area contributed by atoms with Crippen molar-refractivity contribution < 1.29 is 14.1 Å². The number of benzene rings is 1. The number of rotatable bonds is 5. The monoisotopic (exact) mass is 390 g/mol. The molecule has 0 amide bonds. The normalized spacial score (nSPS) is 10.8. The summed E-state index contributed by atoms with van der Waals surface area (Å²) in [4.78, 5) is 20.3. The van der Waals surface area contributed by atoms with Crippen molar-refractivity contribution in [1.29, 1.82) is 0 Å². The van der Waals surface area contributed by atoms with E-state index in [4.69, 9.17) is 9.26 Å². The molecule has 124 valence electrons. The molecule has 8 heteroatoms. The Kier molecular flexibility index (Phi) is 4.75. The Morgan fingerprint density at radius 1 is 1.38 bits per heavy atom. The van der Waals surface area contributed by atoms with Gasteiger partial charge in [-0.1, -0.05) is 33.2 Å². The molecule has 0 saturated carbocycles. The van der Waals surface area contributed by atoms with Gasteiger partial charge in [-0.2, -0.15) is 4.98 Å². The van der Waals surface area contributed by atoms with Crippen LogP contribution >= 0.6 is 15.9 Å². The highest BCUT2D eigenvalue weighted by atomic mass is 79.9. The summed E-state index contributed by atoms with van der Waals surface area (Å²) in [6, 6.07) is 7.89. The molecule has 7 nitrogen and oxygen atoms in total. The summed E-state index contributed by atoms with van der Waals surface area (Å²) < 4.78 is 11.1. The first-order chi connectivity index (χ1) is 11.6. The van der Waals surface area contributed by atoms with Gasteiger partial charge in [-0.3, -0.25) is 0 Å². The molecule has 0 unspecified atom stereocenters. The fourth-order valence-electron chi connectivity index (χ4n) is 2.24. The van der Waals surface area contributed by atoms with Crippen LogP contribution in [0.3, 0.4) is 0 Å². The van der Waals surface area contributed by atoms with Gasteiger partial charge in [0.25, 0.3) is 5.71 Å². The smallest absolute Gasteiger partial charge is 0.376 e. The highest BCUT2D eigenvalue weighted by Crippen LogP contribution is 2.24. The molecule has 3 aromatic rings. The van der Waals surface area contributed by atoms with E-state index in [1.54, 1.807) is 13.8 Å². The molecule has 0 saturated heterocycles. The molecular formula is C16H15BrN4O3. The first kappa shape index (κ1) is 16.4. The number of carbonyl (C=O) groups excluding carboxylic acids is 1. The van der Waals surface area contributed by atoms with E-state index in [1.807, 2.05) is 24.3 Å². The van der Waals surface area contributed by atoms with Crippen LogP contribution in [0.5, 0.6) is 0 Å². The number of esters is 1. The SMILES string of the molecule is CCOC(=O)c1nc(NCc2cccc(Br)c2)c2c(C)noc2n1. The van der Waals surface area contributed by atoms with Crippen molar-refractivity contribution in [3.05, 3.63) is 45.8 Å². The van der Waals surface area contributed by atoms with Crippen LogP contribution in [0.4, 0.5) is 5.82 Å². The van der Waals surface area contributed by atoms with Crippen LogP contribution in [0.1, 0.15) is 28.8 Å². The molecule has 0 aliphatic rings. The molecule has 0 aliphatic heterocycles. The molecule has 3 rings (SSSR count). The lowest BCUT2D eigenvalue weighted by molar-refractivity contribution is 0.0512. The molecule has 0 spiro atoms. The topological polar surface area (TPSA) is 90.1 Å². The second-order valence-corrected chi connectivity index (χ2v) is 5.96. The average Bonchev–Trinajstić information content (AvgIpc) is 2.94. The van der Waals surface area contributed by atoms with Crippen molar-refractivity contribution >= 4 is 38.8 Å². The van der Waals surface area contributed by atoms with Crippen LogP contribution in [-0.2, 0) is 11.3 Å². The van der Waals surface area contributed by atoms with Gasteiger partial charge in [-0.15, -0.1) is 0 Å². The number of hydrogen-bond donors (Lipinski definition) is 1. The Hall–Kier alpha value is -2.48. The van der Waals surface area contributed by atoms with Crippen molar-refractivity contribution in [3.8, 4) is 0 Å². The van der Waals surface area contributed by atoms with Gasteiger partial charge in [0.1, 0.15) is 11.2 Å². The number of hydrogen-bond acceptors (Lipinski definition) is 7. The van der Waals surface area contributed by atoms with Gasteiger partial charge >= 0.3 is 5.97 Å². The van der Waals surface area contributed by atoms with Crippen LogP contribution in [0.25, 0.3) is 11.1 Å². The predicted molar refractivity (Wildman–Crippen MR) is 91.8 cm³/mol. The third-order valence-corrected chi connectivity index (χ3v) is 3.81. The number of anilines is 1. The number of nitrogens with zero attached hydrogens (tertiary/aromatic N) is 3. The van der Waals surface area contributed by atoms with E-state index >= 15 is 0 Å². The molecule has 0 atom stereocenters. The lowest BCUT2D eigenvalue weighted by Gasteiger charge is -2.08. The van der Waals surface area contributed by atoms with Crippen LogP contribution in [0.15, 0.2) is 33.3 Å². The zero-order valence-corrected chi connectivity index (χ0v) is 14.8. The molecule has 0 radical (unpaired) electrons. The zero-order chi connectivity index (χ0) is 17.1. The van der Waals surface area contributed by atoms with E-state index in [-0.39, 0.29) is 18.1 Å². The van der Waals surface area contributed by atoms with Gasteiger partial charge in [0, 0.05) is 11.0 Å². The van der Waals surface area contributed by atoms with Crippen molar-refractivity contribution in [2.24, 2.45) is 0 Å². The minimum absolute atomic E-state index is 0.0581. The quantitative estimate of drug-likeness (QED) is 0.666. The third kappa shape index (κ3) is 3.38. The third-order valence-electron chi connectivity index (χ3n) is 3.31. The summed E-state index contributed by atoms with van der Waals surface area (Å²) in [7, 11) is 0. The fraction of sp³-hybridized carbons (Fsp3) is 0.250. The zero-order valence-electron chi connectivity index (χ0n) is 13.2. The summed E-state index contributed by atoms with van der Waals surface area (Å²) in [5.41, 5.74) is 1.96. The number of fused-ring (bicyclic) bond motifs is 1. The van der Waals surface area contributed by atoms with Crippen LogP contribution in [0, 0.1) is 6.92 Å². The van der Waals surface area contributed by atoms with Crippen molar-refractivity contribution in [2.75, 3.05) is 11.9 Å². The molecule has 24 heavy (non-hydrogen) atoms. The summed E-state index contributed by atoms with van der Waals surface area (Å²) in [6.07, 6.45) is 0. The second-order valence-electron chi connectivity index (χ2n) is 5.05. The lowest BCUT2D eigenvalue weighted by atomic mass is 10.2. The maximum absolute atomic E-state index is 11.9. The number of aryl methyl sites for hydroxylation is 1. The summed E-state index contributed by atoms with van der Waals surface area (Å²) in [6.45, 7) is 4.29. The minimum Gasteiger partial charge on any atom is -0.460 e. The molecular weight excluding hydrogens is 376 g/mol. The Balaban J connectivity index is 1.95. The molecule has 1 N–H and O–H groups in total. The van der Waals surface area contributed by atoms with E-state index < -0.39 is 5.97 Å². The molecule has 1 aromatic carbocycles. The number of halogens is 1. The highest BCUT2D eigenvalue weighted by Gasteiger charge is 2.19. The van der Waals surface area contributed by atoms with Gasteiger partial charge in [0.05, 0.1) is 12.3 Å². The first-order valence-electron chi connectivity index (χ1n) is 7.38. The Bertz CT molecular complexity index is 894. The average molecular weight is 391 g/mol. The lowest BCUT2D eigenvalue weighted by Crippen LogP contribution is -2.12. The maximum Gasteiger partial charge on any atom is 0.376 e. The summed E-state index contributed by atoms with van der Waals surface area (Å²) >= 11 is 3.44. The second kappa shape index (κ2) is 6.96. The van der Waals surface area contributed by atoms with Gasteiger partial charge in [0.15, 0.2) is 0 Å². The number of ether oxygens (including phenoxy) is 1. The van der Waals surface area contributed by atoms with Gasteiger partial charge in [-0.05, 0) is 31.5 Å². The summed E-state index contributed by atoms with van der Waals surface area (Å²) in [5.74, 6) is -0.169. The van der Waals surface area contributed by atoms with Crippen molar-refractivity contribution in [2.45, 2.75) is 20.4 Å². The molecule has 0 bridgehead atoms. The Labute approximate surface area is 146 Å². The number of carbonyl (C=O) groups is 1. The van der Waals surface area contributed by atoms with Crippen LogP contribution < -0.4 is 5.32 Å². The molecule has 0 aliphatic carbocycles. The minimum atomic E-state index is -0.598. The predicted octanol–water partition coefficient (Wildman–Crippen LogP) is 3.48. The largest absolute Gasteiger partial charge is 0.460 e. The Morgan fingerprint density at radius 2 is 2.21 bits per heavy atom. The first-order valence-corrected chi connectivity index (χ1v) is 8.17. The molecule has 2 heterocycles. The highest BCUT2D eigenvalue weighted by molar-refractivity contribution is 9.10.